The van der Waals surface area contributed by atoms with Gasteiger partial charge < -0.3 is 9.47 Å². The zero-order valence-electron chi connectivity index (χ0n) is 10.3. The van der Waals surface area contributed by atoms with Gasteiger partial charge in [0.05, 0.1) is 0 Å². The predicted octanol–water partition coefficient (Wildman–Crippen LogP) is 1.10. The fraction of sp³-hybridized carbons (Fsp3) is 0.727. The highest BCUT2D eigenvalue weighted by Crippen LogP contribution is 2.18. The molecule has 5 heteroatoms. The minimum Gasteiger partial charge on any atom is -0.454 e. The molecule has 92 valence electrons. The Labute approximate surface area is 95.1 Å². The standard InChI is InChI=1S/C11H18O5/c1-7(10(14)11(3,4)5)16-9(13)6-15-8(2)12/h7H,6H2,1-5H3. The molecule has 0 aromatic rings. The van der Waals surface area contributed by atoms with E-state index in [1.807, 2.05) is 0 Å². The molecule has 1 atom stereocenters. The van der Waals surface area contributed by atoms with E-state index >= 15 is 0 Å². The van der Waals surface area contributed by atoms with Crippen LogP contribution in [0.1, 0.15) is 34.6 Å². The molecule has 0 saturated heterocycles. The molecule has 0 aliphatic rings. The summed E-state index contributed by atoms with van der Waals surface area (Å²) in [6.07, 6.45) is -0.831. The van der Waals surface area contributed by atoms with Gasteiger partial charge in [-0.3, -0.25) is 9.59 Å². The Kier molecular flexibility index (Phi) is 5.14. The summed E-state index contributed by atoms with van der Waals surface area (Å²) in [7, 11) is 0. The van der Waals surface area contributed by atoms with Gasteiger partial charge in [0, 0.05) is 12.3 Å². The predicted molar refractivity (Wildman–Crippen MR) is 56.6 cm³/mol. The smallest absolute Gasteiger partial charge is 0.344 e. The van der Waals surface area contributed by atoms with E-state index in [2.05, 4.69) is 4.74 Å². The number of hydrogen-bond donors (Lipinski definition) is 0. The van der Waals surface area contributed by atoms with E-state index in [9.17, 15) is 14.4 Å². The van der Waals surface area contributed by atoms with Gasteiger partial charge in [0.1, 0.15) is 0 Å². The molecule has 0 rings (SSSR count). The first kappa shape index (κ1) is 14.6. The average Bonchev–Trinajstić information content (AvgIpc) is 2.11. The third-order valence-corrected chi connectivity index (χ3v) is 1.81. The van der Waals surface area contributed by atoms with Gasteiger partial charge >= 0.3 is 11.9 Å². The molecule has 0 N–H and O–H groups in total. The second-order valence-corrected chi connectivity index (χ2v) is 4.53. The summed E-state index contributed by atoms with van der Waals surface area (Å²) in [5.74, 6) is -1.46. The Morgan fingerprint density at radius 2 is 1.69 bits per heavy atom. The molecule has 0 aromatic carbocycles. The summed E-state index contributed by atoms with van der Waals surface area (Å²) < 4.78 is 9.27. The molecule has 0 spiro atoms. The van der Waals surface area contributed by atoms with Crippen molar-refractivity contribution in [3.05, 3.63) is 0 Å². The van der Waals surface area contributed by atoms with E-state index < -0.39 is 30.1 Å². The van der Waals surface area contributed by atoms with Crippen molar-refractivity contribution >= 4 is 17.7 Å². The average molecular weight is 230 g/mol. The fourth-order valence-electron chi connectivity index (χ4n) is 1.06. The van der Waals surface area contributed by atoms with Gasteiger partial charge in [0.2, 0.25) is 0 Å². The quantitative estimate of drug-likeness (QED) is 0.676. The first-order valence-electron chi connectivity index (χ1n) is 5.01. The Bertz CT molecular complexity index is 287. The summed E-state index contributed by atoms with van der Waals surface area (Å²) in [6.45, 7) is 7.45. The van der Waals surface area contributed by atoms with Crippen LogP contribution in [0.25, 0.3) is 0 Å². The second kappa shape index (κ2) is 5.63. The maximum Gasteiger partial charge on any atom is 0.344 e. The van der Waals surface area contributed by atoms with E-state index in [4.69, 9.17) is 4.74 Å². The number of carbonyl (C=O) groups excluding carboxylic acids is 3. The molecule has 0 aliphatic carbocycles. The van der Waals surface area contributed by atoms with Crippen LogP contribution in [0, 0.1) is 5.41 Å². The third-order valence-electron chi connectivity index (χ3n) is 1.81. The zero-order valence-corrected chi connectivity index (χ0v) is 10.3. The van der Waals surface area contributed by atoms with Crippen LogP contribution in [-0.4, -0.2) is 30.4 Å². The minimum absolute atomic E-state index is 0.177. The highest BCUT2D eigenvalue weighted by molar-refractivity contribution is 5.89. The summed E-state index contributed by atoms with van der Waals surface area (Å²) in [5, 5.41) is 0. The number of esters is 2. The molecule has 0 fully saturated rings. The SMILES string of the molecule is CC(=O)OCC(=O)OC(C)C(=O)C(C)(C)C. The second-order valence-electron chi connectivity index (χ2n) is 4.53. The molecule has 0 radical (unpaired) electrons. The number of ketones is 1. The van der Waals surface area contributed by atoms with E-state index in [-0.39, 0.29) is 5.78 Å². The summed E-state index contributed by atoms with van der Waals surface area (Å²) in [6, 6.07) is 0. The highest BCUT2D eigenvalue weighted by Gasteiger charge is 2.29. The first-order valence-corrected chi connectivity index (χ1v) is 5.01. The largest absolute Gasteiger partial charge is 0.454 e. The molecule has 5 nitrogen and oxygen atoms in total. The van der Waals surface area contributed by atoms with E-state index in [0.29, 0.717) is 0 Å². The van der Waals surface area contributed by atoms with Crippen LogP contribution >= 0.6 is 0 Å². The molecule has 0 bridgehead atoms. The Balaban J connectivity index is 4.15. The van der Waals surface area contributed by atoms with Gasteiger partial charge in [-0.25, -0.2) is 4.79 Å². The first-order chi connectivity index (χ1) is 7.14. The van der Waals surface area contributed by atoms with Gasteiger partial charge in [-0.15, -0.1) is 0 Å². The van der Waals surface area contributed by atoms with Crippen molar-refractivity contribution < 1.29 is 23.9 Å². The van der Waals surface area contributed by atoms with Crippen LogP contribution < -0.4 is 0 Å². The van der Waals surface area contributed by atoms with Crippen molar-refractivity contribution in [1.29, 1.82) is 0 Å². The van der Waals surface area contributed by atoms with Crippen molar-refractivity contribution in [2.75, 3.05) is 6.61 Å². The maximum absolute atomic E-state index is 11.7. The molecular formula is C11H18O5. The van der Waals surface area contributed by atoms with Crippen molar-refractivity contribution in [3.8, 4) is 0 Å². The van der Waals surface area contributed by atoms with Crippen molar-refractivity contribution in [2.45, 2.75) is 40.7 Å². The number of Topliss-reactive ketones (excluding diaryl/α,β-unsaturated/α-hetero) is 1. The van der Waals surface area contributed by atoms with Crippen LogP contribution in [0.3, 0.4) is 0 Å². The minimum atomic E-state index is -0.831. The lowest BCUT2D eigenvalue weighted by Gasteiger charge is -2.21. The molecule has 0 heterocycles. The molecule has 0 saturated carbocycles. The Hall–Kier alpha value is -1.39. The van der Waals surface area contributed by atoms with Gasteiger partial charge in [-0.1, -0.05) is 20.8 Å². The van der Waals surface area contributed by atoms with Crippen molar-refractivity contribution in [3.63, 3.8) is 0 Å². The maximum atomic E-state index is 11.7. The number of ether oxygens (including phenoxy) is 2. The van der Waals surface area contributed by atoms with Crippen LogP contribution in [0.5, 0.6) is 0 Å². The van der Waals surface area contributed by atoms with Crippen LogP contribution in [0.2, 0.25) is 0 Å². The van der Waals surface area contributed by atoms with Gasteiger partial charge in [0.25, 0.3) is 0 Å². The van der Waals surface area contributed by atoms with Gasteiger partial charge in [-0.2, -0.15) is 0 Å². The Morgan fingerprint density at radius 1 is 1.19 bits per heavy atom. The normalized spacial score (nSPS) is 12.8. The fourth-order valence-corrected chi connectivity index (χ4v) is 1.06. The highest BCUT2D eigenvalue weighted by atomic mass is 16.6. The molecule has 0 aliphatic heterocycles. The van der Waals surface area contributed by atoms with E-state index in [1.54, 1.807) is 20.8 Å². The van der Waals surface area contributed by atoms with Crippen molar-refractivity contribution in [2.24, 2.45) is 5.41 Å². The molecular weight excluding hydrogens is 212 g/mol. The van der Waals surface area contributed by atoms with Crippen LogP contribution in [0.15, 0.2) is 0 Å². The van der Waals surface area contributed by atoms with Crippen molar-refractivity contribution in [1.82, 2.24) is 0 Å². The van der Waals surface area contributed by atoms with Crippen LogP contribution in [-0.2, 0) is 23.9 Å². The number of rotatable bonds is 4. The summed E-state index contributed by atoms with van der Waals surface area (Å²) >= 11 is 0. The zero-order chi connectivity index (χ0) is 12.9. The molecule has 0 amide bonds. The lowest BCUT2D eigenvalue weighted by Crippen LogP contribution is -2.34. The monoisotopic (exact) mass is 230 g/mol. The van der Waals surface area contributed by atoms with Crippen LogP contribution in [0.4, 0.5) is 0 Å². The van der Waals surface area contributed by atoms with E-state index in [0.717, 1.165) is 0 Å². The molecule has 1 unspecified atom stereocenters. The third kappa shape index (κ3) is 5.48. The molecule has 16 heavy (non-hydrogen) atoms. The Morgan fingerprint density at radius 3 is 2.06 bits per heavy atom. The van der Waals surface area contributed by atoms with Gasteiger partial charge in [0.15, 0.2) is 18.5 Å². The summed E-state index contributed by atoms with van der Waals surface area (Å²) in [4.78, 5) is 33.2. The van der Waals surface area contributed by atoms with Gasteiger partial charge in [-0.05, 0) is 6.92 Å². The lowest BCUT2D eigenvalue weighted by atomic mass is 9.88. The lowest BCUT2D eigenvalue weighted by molar-refractivity contribution is -0.164. The van der Waals surface area contributed by atoms with E-state index in [1.165, 1.54) is 13.8 Å². The molecule has 0 aromatic heterocycles. The number of carbonyl (C=O) groups is 3. The number of hydrogen-bond acceptors (Lipinski definition) is 5. The topological polar surface area (TPSA) is 69.7 Å². The summed E-state index contributed by atoms with van der Waals surface area (Å²) in [5.41, 5.74) is -0.568.